The number of carbonyl (C=O) groups is 1. The van der Waals surface area contributed by atoms with E-state index in [4.69, 9.17) is 16.3 Å². The molecule has 128 valence electrons. The number of nitrogens with zero attached hydrogens (tertiary/aromatic N) is 1. The van der Waals surface area contributed by atoms with Gasteiger partial charge in [0.25, 0.3) is 0 Å². The van der Waals surface area contributed by atoms with Gasteiger partial charge in [-0.05, 0) is 56.0 Å². The monoisotopic (exact) mass is 339 g/mol. The van der Waals surface area contributed by atoms with E-state index < -0.39 is 0 Å². The van der Waals surface area contributed by atoms with Crippen molar-refractivity contribution in [2.45, 2.75) is 20.3 Å². The molecular weight excluding hydrogens is 314 g/mol. The van der Waals surface area contributed by atoms with Crippen molar-refractivity contribution in [2.24, 2.45) is 5.92 Å². The average molecular weight is 340 g/mol. The fourth-order valence-electron chi connectivity index (χ4n) is 3.01. The fourth-order valence-corrected chi connectivity index (χ4v) is 3.33. The van der Waals surface area contributed by atoms with Gasteiger partial charge in [0.1, 0.15) is 0 Å². The smallest absolute Gasteiger partial charge is 0.319 e. The SMILES string of the molecule is COCCN1CCC(CNC(=O)Nc2c(C)cc(Cl)cc2C)C1. The van der Waals surface area contributed by atoms with E-state index in [9.17, 15) is 4.79 Å². The first-order valence-corrected chi connectivity index (χ1v) is 8.40. The Hall–Kier alpha value is -1.30. The number of aryl methyl sites for hydroxylation is 2. The number of methoxy groups -OCH3 is 1. The van der Waals surface area contributed by atoms with Crippen LogP contribution in [0.3, 0.4) is 0 Å². The highest BCUT2D eigenvalue weighted by Crippen LogP contribution is 2.24. The van der Waals surface area contributed by atoms with Gasteiger partial charge in [-0.25, -0.2) is 4.79 Å². The number of benzene rings is 1. The molecule has 1 unspecified atom stereocenters. The zero-order valence-electron chi connectivity index (χ0n) is 14.1. The molecule has 1 aromatic rings. The van der Waals surface area contributed by atoms with Crippen molar-refractivity contribution in [3.8, 4) is 0 Å². The van der Waals surface area contributed by atoms with Gasteiger partial charge in [0, 0.05) is 37.5 Å². The molecule has 2 N–H and O–H groups in total. The molecular formula is C17H26ClN3O2. The Bertz CT molecular complexity index is 528. The number of nitrogens with one attached hydrogen (secondary N) is 2. The number of amides is 2. The highest BCUT2D eigenvalue weighted by molar-refractivity contribution is 6.30. The molecule has 5 nitrogen and oxygen atoms in total. The maximum Gasteiger partial charge on any atom is 0.319 e. The second kappa shape index (κ2) is 8.52. The third-order valence-electron chi connectivity index (χ3n) is 4.27. The Morgan fingerprint density at radius 1 is 1.39 bits per heavy atom. The number of likely N-dealkylation sites (tertiary alicyclic amines) is 1. The molecule has 0 aromatic heterocycles. The molecule has 1 heterocycles. The third kappa shape index (κ3) is 5.37. The van der Waals surface area contributed by atoms with Crippen LogP contribution >= 0.6 is 11.6 Å². The molecule has 1 aliphatic rings. The minimum absolute atomic E-state index is 0.158. The van der Waals surface area contributed by atoms with Crippen LogP contribution in [-0.4, -0.2) is 50.8 Å². The first kappa shape index (κ1) is 18.0. The minimum atomic E-state index is -0.158. The van der Waals surface area contributed by atoms with Crippen molar-refractivity contribution in [1.82, 2.24) is 10.2 Å². The molecule has 2 rings (SSSR count). The van der Waals surface area contributed by atoms with E-state index in [0.717, 1.165) is 49.5 Å². The first-order chi connectivity index (χ1) is 11.0. The van der Waals surface area contributed by atoms with Gasteiger partial charge >= 0.3 is 6.03 Å². The van der Waals surface area contributed by atoms with Gasteiger partial charge in [0.05, 0.1) is 6.61 Å². The van der Waals surface area contributed by atoms with Crippen molar-refractivity contribution in [2.75, 3.05) is 45.2 Å². The number of carbonyl (C=O) groups excluding carboxylic acids is 1. The molecule has 1 aliphatic heterocycles. The van der Waals surface area contributed by atoms with Crippen LogP contribution in [0.4, 0.5) is 10.5 Å². The van der Waals surface area contributed by atoms with E-state index in [2.05, 4.69) is 15.5 Å². The maximum atomic E-state index is 12.1. The fraction of sp³-hybridized carbons (Fsp3) is 0.588. The lowest BCUT2D eigenvalue weighted by molar-refractivity contribution is 0.159. The van der Waals surface area contributed by atoms with Gasteiger partial charge in [-0.15, -0.1) is 0 Å². The van der Waals surface area contributed by atoms with Gasteiger partial charge in [0.2, 0.25) is 0 Å². The van der Waals surface area contributed by atoms with E-state index in [0.29, 0.717) is 17.5 Å². The Labute approximate surface area is 143 Å². The number of rotatable bonds is 6. The van der Waals surface area contributed by atoms with E-state index in [1.54, 1.807) is 7.11 Å². The number of hydrogen-bond donors (Lipinski definition) is 2. The van der Waals surface area contributed by atoms with Crippen molar-refractivity contribution in [3.05, 3.63) is 28.3 Å². The van der Waals surface area contributed by atoms with Crippen LogP contribution in [0.1, 0.15) is 17.5 Å². The van der Waals surface area contributed by atoms with Crippen LogP contribution in [0.15, 0.2) is 12.1 Å². The summed E-state index contributed by atoms with van der Waals surface area (Å²) < 4.78 is 5.10. The summed E-state index contributed by atoms with van der Waals surface area (Å²) in [6, 6.07) is 3.55. The number of anilines is 1. The lowest BCUT2D eigenvalue weighted by Crippen LogP contribution is -2.34. The van der Waals surface area contributed by atoms with Gasteiger partial charge in [-0.3, -0.25) is 0 Å². The van der Waals surface area contributed by atoms with Crippen LogP contribution in [0.25, 0.3) is 0 Å². The van der Waals surface area contributed by atoms with Crippen molar-refractivity contribution >= 4 is 23.3 Å². The van der Waals surface area contributed by atoms with Crippen molar-refractivity contribution < 1.29 is 9.53 Å². The van der Waals surface area contributed by atoms with E-state index >= 15 is 0 Å². The third-order valence-corrected chi connectivity index (χ3v) is 4.49. The summed E-state index contributed by atoms with van der Waals surface area (Å²) in [5.41, 5.74) is 2.77. The summed E-state index contributed by atoms with van der Waals surface area (Å²) in [5, 5.41) is 6.60. The Balaban J connectivity index is 1.78. The molecule has 23 heavy (non-hydrogen) atoms. The van der Waals surface area contributed by atoms with Gasteiger partial charge in [-0.2, -0.15) is 0 Å². The minimum Gasteiger partial charge on any atom is -0.383 e. The second-order valence-electron chi connectivity index (χ2n) is 6.20. The van der Waals surface area contributed by atoms with Gasteiger partial charge in [-0.1, -0.05) is 11.6 Å². The molecule has 2 amide bonds. The Morgan fingerprint density at radius 2 is 2.09 bits per heavy atom. The quantitative estimate of drug-likeness (QED) is 0.837. The molecule has 0 spiro atoms. The highest BCUT2D eigenvalue weighted by Gasteiger charge is 2.22. The average Bonchev–Trinajstić information content (AvgIpc) is 2.94. The molecule has 1 saturated heterocycles. The first-order valence-electron chi connectivity index (χ1n) is 8.02. The summed E-state index contributed by atoms with van der Waals surface area (Å²) in [5.74, 6) is 0.505. The summed E-state index contributed by atoms with van der Waals surface area (Å²) in [7, 11) is 1.72. The predicted octanol–water partition coefficient (Wildman–Crippen LogP) is 3.05. The predicted molar refractivity (Wildman–Crippen MR) is 94.4 cm³/mol. The van der Waals surface area contributed by atoms with Crippen molar-refractivity contribution in [3.63, 3.8) is 0 Å². The number of urea groups is 1. The molecule has 0 aliphatic carbocycles. The topological polar surface area (TPSA) is 53.6 Å². The van der Waals surface area contributed by atoms with Crippen LogP contribution in [0.2, 0.25) is 5.02 Å². The second-order valence-corrected chi connectivity index (χ2v) is 6.63. The highest BCUT2D eigenvalue weighted by atomic mass is 35.5. The molecule has 1 fully saturated rings. The molecule has 6 heteroatoms. The van der Waals surface area contributed by atoms with Gasteiger partial charge in [0.15, 0.2) is 0 Å². The van der Waals surface area contributed by atoms with Crippen LogP contribution in [-0.2, 0) is 4.74 Å². The molecule has 0 saturated carbocycles. The molecule has 0 radical (unpaired) electrons. The Morgan fingerprint density at radius 3 is 2.74 bits per heavy atom. The van der Waals surface area contributed by atoms with Crippen LogP contribution in [0.5, 0.6) is 0 Å². The number of halogens is 1. The molecule has 0 bridgehead atoms. The molecule has 1 aromatic carbocycles. The summed E-state index contributed by atoms with van der Waals surface area (Å²) >= 11 is 6.01. The summed E-state index contributed by atoms with van der Waals surface area (Å²) in [4.78, 5) is 14.5. The standard InChI is InChI=1S/C17H26ClN3O2/c1-12-8-15(18)9-13(2)16(12)20-17(22)19-10-14-4-5-21(11-14)6-7-23-3/h8-9,14H,4-7,10-11H2,1-3H3,(H2,19,20,22). The van der Waals surface area contributed by atoms with E-state index in [1.165, 1.54) is 0 Å². The lowest BCUT2D eigenvalue weighted by atomic mass is 10.1. The lowest BCUT2D eigenvalue weighted by Gasteiger charge is -2.16. The zero-order chi connectivity index (χ0) is 16.8. The van der Waals surface area contributed by atoms with E-state index in [1.807, 2.05) is 26.0 Å². The largest absolute Gasteiger partial charge is 0.383 e. The van der Waals surface area contributed by atoms with Crippen LogP contribution < -0.4 is 10.6 Å². The number of ether oxygens (including phenoxy) is 1. The number of hydrogen-bond acceptors (Lipinski definition) is 3. The zero-order valence-corrected chi connectivity index (χ0v) is 14.9. The maximum absolute atomic E-state index is 12.1. The van der Waals surface area contributed by atoms with Crippen molar-refractivity contribution in [1.29, 1.82) is 0 Å². The van der Waals surface area contributed by atoms with Crippen LogP contribution in [0, 0.1) is 19.8 Å². The normalized spacial score (nSPS) is 18.2. The van der Waals surface area contributed by atoms with E-state index in [-0.39, 0.29) is 6.03 Å². The van der Waals surface area contributed by atoms with Gasteiger partial charge < -0.3 is 20.3 Å². The summed E-state index contributed by atoms with van der Waals surface area (Å²) in [6.45, 7) is 8.40. The Kier molecular flexibility index (Phi) is 6.69. The molecule has 1 atom stereocenters. The summed E-state index contributed by atoms with van der Waals surface area (Å²) in [6.07, 6.45) is 1.11.